The second-order valence-electron chi connectivity index (χ2n) is 6.44. The van der Waals surface area contributed by atoms with Crippen molar-refractivity contribution >= 4 is 34.6 Å². The summed E-state index contributed by atoms with van der Waals surface area (Å²) in [5.74, 6) is -2.06. The molecule has 204 valence electrons. The number of nitrogens with one attached hydrogen (secondary N) is 1. The summed E-state index contributed by atoms with van der Waals surface area (Å²) in [5, 5.41) is 11.1. The number of alkyl halides is 6. The molecular formula is C21H17F6N5O6. The highest BCUT2D eigenvalue weighted by Crippen LogP contribution is 2.34. The third kappa shape index (κ3) is 14.5. The Kier molecular flexibility index (Phi) is 12.7. The van der Waals surface area contributed by atoms with Crippen molar-refractivity contribution < 1.29 is 50.4 Å². The van der Waals surface area contributed by atoms with E-state index in [1.807, 2.05) is 0 Å². The second-order valence-corrected chi connectivity index (χ2v) is 6.44. The molecule has 0 saturated heterocycles. The highest BCUT2D eigenvalue weighted by atomic mass is 19.4. The van der Waals surface area contributed by atoms with E-state index in [4.69, 9.17) is 23.3 Å². The van der Waals surface area contributed by atoms with Crippen molar-refractivity contribution in [3.63, 3.8) is 0 Å². The number of hydrogen-bond donors (Lipinski definition) is 1. The second kappa shape index (κ2) is 14.6. The molecule has 0 spiro atoms. The molecule has 0 radical (unpaired) electrons. The molecule has 0 unspecified atom stereocenters. The van der Waals surface area contributed by atoms with E-state index >= 15 is 0 Å². The zero-order chi connectivity index (χ0) is 29.7. The molecule has 1 N–H and O–H groups in total. The Hall–Kier alpha value is -4.90. The van der Waals surface area contributed by atoms with Gasteiger partial charge in [0.05, 0.1) is 24.5 Å². The van der Waals surface area contributed by atoms with Crippen molar-refractivity contribution in [2.24, 2.45) is 0 Å². The van der Waals surface area contributed by atoms with Gasteiger partial charge in [0, 0.05) is 18.8 Å². The van der Waals surface area contributed by atoms with Crippen LogP contribution in [0.4, 0.5) is 49.1 Å². The maximum absolute atomic E-state index is 12.1. The number of nitro groups is 1. The maximum Gasteiger partial charge on any atom is 0.573 e. The lowest BCUT2D eigenvalue weighted by molar-refractivity contribution is -0.445. The van der Waals surface area contributed by atoms with Gasteiger partial charge in [0.15, 0.2) is 18.4 Å². The summed E-state index contributed by atoms with van der Waals surface area (Å²) >= 11 is 0. The van der Waals surface area contributed by atoms with E-state index in [2.05, 4.69) is 24.6 Å². The van der Waals surface area contributed by atoms with Crippen LogP contribution in [0.5, 0.6) is 5.75 Å². The minimum atomic E-state index is -4.95. The zero-order valence-corrected chi connectivity index (χ0v) is 19.5. The standard InChI is InChI=1S/2C10H7F3N2O2.CH3NO2/c1-7(16)15(17-10(11,12)13)9-5-3-8(14-2)4-6-9;1-6(16)15-8-4-3-7(14-2)5-9(8)17-10(11,12)13;1-2(3)4/h3-6H,1H3;3-5H,1H3,(H,15,16);1H3. The van der Waals surface area contributed by atoms with Crippen molar-refractivity contribution in [1.29, 1.82) is 0 Å². The predicted octanol–water partition coefficient (Wildman–Crippen LogP) is 6.03. The molecule has 0 aliphatic rings. The number of amides is 2. The number of halogens is 6. The van der Waals surface area contributed by atoms with Gasteiger partial charge in [-0.25, -0.2) is 9.69 Å². The van der Waals surface area contributed by atoms with E-state index in [-0.39, 0.29) is 27.8 Å². The average molecular weight is 549 g/mol. The van der Waals surface area contributed by atoms with Gasteiger partial charge in [-0.15, -0.1) is 26.3 Å². The minimum absolute atomic E-state index is 0.0154. The lowest BCUT2D eigenvalue weighted by Crippen LogP contribution is -2.35. The van der Waals surface area contributed by atoms with Gasteiger partial charge in [0.2, 0.25) is 11.8 Å². The van der Waals surface area contributed by atoms with Crippen LogP contribution in [0.15, 0.2) is 42.5 Å². The third-order valence-corrected chi connectivity index (χ3v) is 3.32. The zero-order valence-electron chi connectivity index (χ0n) is 19.5. The summed E-state index contributed by atoms with van der Waals surface area (Å²) in [5.41, 5.74) is 0.00654. The van der Waals surface area contributed by atoms with Gasteiger partial charge in [-0.2, -0.15) is 9.90 Å². The van der Waals surface area contributed by atoms with Crippen LogP contribution in [0.2, 0.25) is 0 Å². The number of carbonyl (C=O) groups is 2. The van der Waals surface area contributed by atoms with Crippen LogP contribution in [-0.4, -0.2) is 36.5 Å². The molecule has 17 heteroatoms. The monoisotopic (exact) mass is 549 g/mol. The number of benzene rings is 2. The van der Waals surface area contributed by atoms with E-state index in [1.54, 1.807) is 0 Å². The van der Waals surface area contributed by atoms with Crippen LogP contribution in [0.25, 0.3) is 9.69 Å². The van der Waals surface area contributed by atoms with Crippen molar-refractivity contribution in [2.45, 2.75) is 26.6 Å². The van der Waals surface area contributed by atoms with E-state index in [0.29, 0.717) is 0 Å². The topological polar surface area (TPSA) is 120 Å². The molecule has 2 amide bonds. The van der Waals surface area contributed by atoms with E-state index < -0.39 is 35.2 Å². The van der Waals surface area contributed by atoms with Crippen molar-refractivity contribution in [1.82, 2.24) is 0 Å². The number of anilines is 2. The first-order chi connectivity index (χ1) is 17.4. The fourth-order valence-electron chi connectivity index (χ4n) is 2.15. The molecule has 0 bridgehead atoms. The Labute approximate surface area is 210 Å². The highest BCUT2D eigenvalue weighted by Gasteiger charge is 2.35. The summed E-state index contributed by atoms with van der Waals surface area (Å²) in [4.78, 5) is 39.7. The Morgan fingerprint density at radius 1 is 0.947 bits per heavy atom. The van der Waals surface area contributed by atoms with Gasteiger partial charge in [0.1, 0.15) is 5.75 Å². The molecule has 0 atom stereocenters. The Bertz CT molecular complexity index is 1200. The Balaban J connectivity index is 0.000000632. The average Bonchev–Trinajstić information content (AvgIpc) is 2.77. The first kappa shape index (κ1) is 33.1. The Morgan fingerprint density at radius 3 is 1.79 bits per heavy atom. The summed E-state index contributed by atoms with van der Waals surface area (Å²) in [7, 11) is 0.889. The van der Waals surface area contributed by atoms with E-state index in [9.17, 15) is 35.9 Å². The molecule has 0 fully saturated rings. The maximum atomic E-state index is 12.1. The molecular weight excluding hydrogens is 532 g/mol. The lowest BCUT2D eigenvalue weighted by atomic mass is 10.2. The van der Waals surface area contributed by atoms with Crippen molar-refractivity contribution in [2.75, 3.05) is 17.4 Å². The SMILES string of the molecule is C[N+](=O)[O-].[C-]#[N+]c1ccc(N(OC(F)(F)F)C(C)=O)cc1.[C-]#[N+]c1ccc(NC(C)=O)c(OC(F)(F)F)c1. The largest absolute Gasteiger partial charge is 0.573 e. The Morgan fingerprint density at radius 2 is 1.42 bits per heavy atom. The summed E-state index contributed by atoms with van der Waals surface area (Å²) < 4.78 is 76.1. The first-order valence-corrected chi connectivity index (χ1v) is 9.55. The summed E-state index contributed by atoms with van der Waals surface area (Å²) in [6.07, 6.45) is -9.84. The predicted molar refractivity (Wildman–Crippen MR) is 120 cm³/mol. The van der Waals surface area contributed by atoms with Gasteiger partial charge in [-0.05, 0) is 24.3 Å². The molecule has 0 aromatic heterocycles. The van der Waals surface area contributed by atoms with Crippen LogP contribution in [0.1, 0.15) is 13.8 Å². The van der Waals surface area contributed by atoms with Crippen molar-refractivity contribution in [3.05, 3.63) is 75.4 Å². The van der Waals surface area contributed by atoms with Gasteiger partial charge in [-0.1, -0.05) is 18.2 Å². The fourth-order valence-corrected chi connectivity index (χ4v) is 2.15. The highest BCUT2D eigenvalue weighted by molar-refractivity contribution is 5.91. The smallest absolute Gasteiger partial charge is 0.405 e. The molecule has 2 rings (SSSR count). The third-order valence-electron chi connectivity index (χ3n) is 3.32. The number of hydrogen-bond acceptors (Lipinski definition) is 6. The molecule has 0 aliphatic carbocycles. The van der Waals surface area contributed by atoms with Crippen LogP contribution < -0.4 is 15.1 Å². The van der Waals surface area contributed by atoms with Crippen LogP contribution in [0.3, 0.4) is 0 Å². The molecule has 2 aromatic carbocycles. The lowest BCUT2D eigenvalue weighted by Gasteiger charge is -2.21. The number of hydroxylamine groups is 1. The summed E-state index contributed by atoms with van der Waals surface area (Å²) in [6, 6.07) is 8.33. The summed E-state index contributed by atoms with van der Waals surface area (Å²) in [6.45, 7) is 15.5. The van der Waals surface area contributed by atoms with Crippen molar-refractivity contribution in [3.8, 4) is 5.75 Å². The van der Waals surface area contributed by atoms with Crippen LogP contribution >= 0.6 is 0 Å². The first-order valence-electron chi connectivity index (χ1n) is 9.55. The van der Waals surface area contributed by atoms with E-state index in [0.717, 1.165) is 27.0 Å². The molecule has 38 heavy (non-hydrogen) atoms. The molecule has 2 aromatic rings. The van der Waals surface area contributed by atoms with Gasteiger partial charge >= 0.3 is 12.7 Å². The fraction of sp³-hybridized carbons (Fsp3) is 0.238. The normalized spacial score (nSPS) is 10.2. The van der Waals surface area contributed by atoms with Crippen LogP contribution in [-0.2, 0) is 14.4 Å². The molecule has 0 aliphatic heterocycles. The van der Waals surface area contributed by atoms with Gasteiger partial charge < -0.3 is 10.1 Å². The van der Waals surface area contributed by atoms with E-state index in [1.165, 1.54) is 36.4 Å². The van der Waals surface area contributed by atoms with Crippen LogP contribution in [0, 0.1) is 23.3 Å². The molecule has 0 saturated carbocycles. The van der Waals surface area contributed by atoms with Gasteiger partial charge in [-0.3, -0.25) is 19.7 Å². The number of rotatable bonds is 4. The quantitative estimate of drug-likeness (QED) is 0.215. The molecule has 11 nitrogen and oxygen atoms in total. The number of carbonyl (C=O) groups excluding carboxylic acids is 2. The minimum Gasteiger partial charge on any atom is -0.405 e. The molecule has 0 heterocycles. The number of nitrogens with zero attached hydrogens (tertiary/aromatic N) is 4. The number of ether oxygens (including phenoxy) is 1. The van der Waals surface area contributed by atoms with Gasteiger partial charge in [0.25, 0.3) is 0 Å².